The molecule has 2 N–H and O–H groups in total. The maximum absolute atomic E-state index is 12.7. The first-order valence-electron chi connectivity index (χ1n) is 9.94. The number of nitrogens with one attached hydrogen (secondary N) is 2. The van der Waals surface area contributed by atoms with E-state index in [1.54, 1.807) is 4.90 Å². The fourth-order valence-corrected chi connectivity index (χ4v) is 4.51. The molecule has 3 aliphatic rings. The molecule has 0 aromatic rings. The van der Waals surface area contributed by atoms with Crippen LogP contribution in [0.2, 0.25) is 0 Å². The van der Waals surface area contributed by atoms with E-state index in [1.165, 1.54) is 32.4 Å². The molecule has 2 aliphatic carbocycles. The topological polar surface area (TPSA) is 60.0 Å². The second-order valence-electron chi connectivity index (χ2n) is 8.37. The van der Waals surface area contributed by atoms with Crippen molar-refractivity contribution in [1.82, 2.24) is 20.4 Å². The molecule has 0 radical (unpaired) electrons. The van der Waals surface area contributed by atoms with Crippen LogP contribution in [0.15, 0.2) is 4.99 Å². The monoisotopic (exact) mass is 349 g/mol. The minimum Gasteiger partial charge on any atom is -0.356 e. The lowest BCUT2D eigenvalue weighted by Crippen LogP contribution is -2.49. The fourth-order valence-electron chi connectivity index (χ4n) is 4.51. The van der Waals surface area contributed by atoms with Crippen LogP contribution in [0.5, 0.6) is 0 Å². The predicted molar refractivity (Wildman–Crippen MR) is 102 cm³/mol. The van der Waals surface area contributed by atoms with Crippen LogP contribution in [0.1, 0.15) is 44.9 Å². The van der Waals surface area contributed by atoms with Gasteiger partial charge in [0.15, 0.2) is 5.96 Å². The van der Waals surface area contributed by atoms with Gasteiger partial charge in [-0.1, -0.05) is 12.8 Å². The third-order valence-corrected chi connectivity index (χ3v) is 6.18. The summed E-state index contributed by atoms with van der Waals surface area (Å²) in [5.41, 5.74) is -0.253. The van der Waals surface area contributed by atoms with Gasteiger partial charge >= 0.3 is 0 Å². The smallest absolute Gasteiger partial charge is 0.230 e. The lowest BCUT2D eigenvalue weighted by Gasteiger charge is -2.31. The standard InChI is InChI=1S/C19H35N5O/c1-20-18(21-12-15-8-11-24(13-15)16-6-7-16)22-14-19(9-4-5-10-19)17(25)23(2)3/h15-16H,4-14H2,1-3H3,(H2,20,21,22). The lowest BCUT2D eigenvalue weighted by atomic mass is 9.84. The lowest BCUT2D eigenvalue weighted by molar-refractivity contribution is -0.138. The first kappa shape index (κ1) is 18.5. The van der Waals surface area contributed by atoms with Crippen LogP contribution >= 0.6 is 0 Å². The molecule has 0 spiro atoms. The summed E-state index contributed by atoms with van der Waals surface area (Å²) in [5, 5.41) is 6.92. The SMILES string of the molecule is CN=C(NCC1CCN(C2CC2)C1)NCC1(C(=O)N(C)C)CCCC1. The largest absolute Gasteiger partial charge is 0.356 e. The van der Waals surface area contributed by atoms with Crippen LogP contribution in [0.3, 0.4) is 0 Å². The number of guanidine groups is 1. The van der Waals surface area contributed by atoms with E-state index in [4.69, 9.17) is 0 Å². The van der Waals surface area contributed by atoms with E-state index in [9.17, 15) is 4.79 Å². The number of aliphatic imine (C=N–C) groups is 1. The molecule has 0 bridgehead atoms. The average Bonchev–Trinajstić information content (AvgIpc) is 3.16. The molecular formula is C19H35N5O. The van der Waals surface area contributed by atoms with Crippen LogP contribution in [-0.4, -0.2) is 75.0 Å². The Balaban J connectivity index is 1.46. The molecule has 2 saturated carbocycles. The van der Waals surface area contributed by atoms with Gasteiger partial charge in [0.2, 0.25) is 5.91 Å². The molecule has 6 heteroatoms. The van der Waals surface area contributed by atoms with Gasteiger partial charge in [-0.2, -0.15) is 0 Å². The Morgan fingerprint density at radius 2 is 1.92 bits per heavy atom. The fraction of sp³-hybridized carbons (Fsp3) is 0.895. The highest BCUT2D eigenvalue weighted by Gasteiger charge is 2.42. The molecule has 3 rings (SSSR count). The number of hydrogen-bond donors (Lipinski definition) is 2. The highest BCUT2D eigenvalue weighted by Crippen LogP contribution is 2.39. The molecular weight excluding hydrogens is 314 g/mol. The third-order valence-electron chi connectivity index (χ3n) is 6.18. The second kappa shape index (κ2) is 7.94. The first-order chi connectivity index (χ1) is 12.0. The Morgan fingerprint density at radius 3 is 2.52 bits per heavy atom. The number of amides is 1. The first-order valence-corrected chi connectivity index (χ1v) is 9.94. The van der Waals surface area contributed by atoms with Crippen molar-refractivity contribution < 1.29 is 4.79 Å². The van der Waals surface area contributed by atoms with Crippen molar-refractivity contribution >= 4 is 11.9 Å². The molecule has 1 amide bonds. The molecule has 6 nitrogen and oxygen atoms in total. The van der Waals surface area contributed by atoms with E-state index in [-0.39, 0.29) is 11.3 Å². The molecule has 3 fully saturated rings. The number of hydrogen-bond acceptors (Lipinski definition) is 3. The Morgan fingerprint density at radius 1 is 1.20 bits per heavy atom. The molecule has 142 valence electrons. The summed E-state index contributed by atoms with van der Waals surface area (Å²) in [5.74, 6) is 1.80. The number of nitrogens with zero attached hydrogens (tertiary/aromatic N) is 3. The molecule has 0 aromatic carbocycles. The minimum absolute atomic E-state index is 0.253. The highest BCUT2D eigenvalue weighted by atomic mass is 16.2. The van der Waals surface area contributed by atoms with Gasteiger partial charge in [0.05, 0.1) is 5.41 Å². The zero-order chi connectivity index (χ0) is 17.9. The Labute approximate surface area is 152 Å². The highest BCUT2D eigenvalue weighted by molar-refractivity contribution is 5.85. The quantitative estimate of drug-likeness (QED) is 0.560. The summed E-state index contributed by atoms with van der Waals surface area (Å²) in [4.78, 5) is 21.4. The van der Waals surface area contributed by atoms with Crippen LogP contribution in [0.4, 0.5) is 0 Å². The van der Waals surface area contributed by atoms with Gasteiger partial charge in [0.1, 0.15) is 0 Å². The van der Waals surface area contributed by atoms with Crippen LogP contribution in [0, 0.1) is 11.3 Å². The van der Waals surface area contributed by atoms with Crippen molar-refractivity contribution in [3.8, 4) is 0 Å². The summed E-state index contributed by atoms with van der Waals surface area (Å²) in [6.45, 7) is 4.13. The van der Waals surface area contributed by atoms with Crippen LogP contribution in [0.25, 0.3) is 0 Å². The molecule has 25 heavy (non-hydrogen) atoms. The molecule has 1 heterocycles. The van der Waals surface area contributed by atoms with Gasteiger partial charge < -0.3 is 20.4 Å². The Hall–Kier alpha value is -1.30. The van der Waals surface area contributed by atoms with Gasteiger partial charge in [-0.05, 0) is 44.6 Å². The summed E-state index contributed by atoms with van der Waals surface area (Å²) in [7, 11) is 5.54. The van der Waals surface area contributed by atoms with Crippen LogP contribution < -0.4 is 10.6 Å². The number of rotatable bonds is 6. The van der Waals surface area contributed by atoms with Crippen molar-refractivity contribution in [2.75, 3.05) is 47.3 Å². The average molecular weight is 350 g/mol. The van der Waals surface area contributed by atoms with E-state index < -0.39 is 0 Å². The van der Waals surface area contributed by atoms with E-state index in [2.05, 4.69) is 20.5 Å². The van der Waals surface area contributed by atoms with Gasteiger partial charge in [-0.3, -0.25) is 9.79 Å². The Kier molecular flexibility index (Phi) is 5.87. The summed E-state index contributed by atoms with van der Waals surface area (Å²) in [6, 6.07) is 0.877. The van der Waals surface area contributed by atoms with E-state index in [0.717, 1.165) is 44.2 Å². The van der Waals surface area contributed by atoms with Gasteiger partial charge in [-0.15, -0.1) is 0 Å². The minimum atomic E-state index is -0.253. The van der Waals surface area contributed by atoms with Crippen LogP contribution in [-0.2, 0) is 4.79 Å². The second-order valence-corrected chi connectivity index (χ2v) is 8.37. The zero-order valence-electron chi connectivity index (χ0n) is 16.2. The maximum atomic E-state index is 12.7. The molecule has 1 aliphatic heterocycles. The van der Waals surface area contributed by atoms with Crippen molar-refractivity contribution in [3.05, 3.63) is 0 Å². The summed E-state index contributed by atoms with van der Waals surface area (Å²) >= 11 is 0. The van der Waals surface area contributed by atoms with Crippen molar-refractivity contribution in [2.45, 2.75) is 51.0 Å². The van der Waals surface area contributed by atoms with Gasteiger partial charge in [-0.25, -0.2) is 0 Å². The molecule has 1 saturated heterocycles. The van der Waals surface area contributed by atoms with Crippen molar-refractivity contribution in [2.24, 2.45) is 16.3 Å². The van der Waals surface area contributed by atoms with E-state index >= 15 is 0 Å². The van der Waals surface area contributed by atoms with Crippen molar-refractivity contribution in [3.63, 3.8) is 0 Å². The zero-order valence-corrected chi connectivity index (χ0v) is 16.2. The number of carbonyl (C=O) groups is 1. The van der Waals surface area contributed by atoms with Gasteiger partial charge in [0, 0.05) is 46.8 Å². The summed E-state index contributed by atoms with van der Waals surface area (Å²) < 4.78 is 0. The maximum Gasteiger partial charge on any atom is 0.230 e. The Bertz CT molecular complexity index is 494. The number of likely N-dealkylation sites (tertiary alicyclic amines) is 1. The molecule has 1 atom stereocenters. The third kappa shape index (κ3) is 4.46. The van der Waals surface area contributed by atoms with E-state index in [0.29, 0.717) is 12.5 Å². The molecule has 0 aromatic heterocycles. The van der Waals surface area contributed by atoms with Crippen molar-refractivity contribution in [1.29, 1.82) is 0 Å². The predicted octanol–water partition coefficient (Wildman–Crippen LogP) is 1.28. The normalized spacial score (nSPS) is 26.7. The van der Waals surface area contributed by atoms with E-state index in [1.807, 2.05) is 21.1 Å². The molecule has 1 unspecified atom stereocenters. The van der Waals surface area contributed by atoms with Gasteiger partial charge in [0.25, 0.3) is 0 Å². The number of carbonyl (C=O) groups excluding carboxylic acids is 1. The summed E-state index contributed by atoms with van der Waals surface area (Å²) in [6.07, 6.45) is 8.32.